The molecule has 1 N–H and O–H groups in total. The van der Waals surface area contributed by atoms with Gasteiger partial charge in [-0.2, -0.15) is 12.7 Å². The average Bonchev–Trinajstić information content (AvgIpc) is 2.98. The molecule has 1 unspecified atom stereocenters. The van der Waals surface area contributed by atoms with Crippen molar-refractivity contribution >= 4 is 16.0 Å². The number of hydrogen-bond donors (Lipinski definition) is 1. The molecule has 22 heavy (non-hydrogen) atoms. The Hall–Kier alpha value is -1.99. The van der Waals surface area contributed by atoms with Crippen molar-refractivity contribution in [3.63, 3.8) is 0 Å². The first-order valence-corrected chi connectivity index (χ1v) is 8.60. The Labute approximate surface area is 130 Å². The van der Waals surface area contributed by atoms with Crippen LogP contribution in [0.2, 0.25) is 0 Å². The lowest BCUT2D eigenvalue weighted by Gasteiger charge is -2.17. The fourth-order valence-electron chi connectivity index (χ4n) is 2.65. The van der Waals surface area contributed by atoms with Crippen LogP contribution in [0.25, 0.3) is 0 Å². The summed E-state index contributed by atoms with van der Waals surface area (Å²) in [5.41, 5.74) is 1.90. The van der Waals surface area contributed by atoms with Crippen molar-refractivity contribution in [2.45, 2.75) is 19.3 Å². The number of hydrogen-bond acceptors (Lipinski definition) is 4. The van der Waals surface area contributed by atoms with Crippen LogP contribution in [0, 0.1) is 6.92 Å². The molecule has 3 rings (SSSR count). The molecule has 1 saturated heterocycles. The minimum atomic E-state index is -3.57. The highest BCUT2D eigenvalue weighted by Gasteiger charge is 2.32. The molecule has 2 aromatic rings. The molecule has 1 fully saturated rings. The van der Waals surface area contributed by atoms with Gasteiger partial charge in [0.05, 0.1) is 0 Å². The quantitative estimate of drug-likeness (QED) is 0.934. The lowest BCUT2D eigenvalue weighted by atomic mass is 10.0. The Balaban J connectivity index is 1.71. The van der Waals surface area contributed by atoms with E-state index in [2.05, 4.69) is 14.7 Å². The lowest BCUT2D eigenvalue weighted by molar-refractivity contribution is 0.477. The van der Waals surface area contributed by atoms with Crippen LogP contribution in [-0.2, 0) is 10.2 Å². The Bertz CT molecular complexity index is 749. The van der Waals surface area contributed by atoms with Crippen LogP contribution in [0.3, 0.4) is 0 Å². The first-order valence-electron chi connectivity index (χ1n) is 7.16. The highest BCUT2D eigenvalue weighted by molar-refractivity contribution is 7.90. The first kappa shape index (κ1) is 14.9. The normalized spacial score (nSPS) is 19.2. The van der Waals surface area contributed by atoms with E-state index >= 15 is 0 Å². The number of nitrogens with zero attached hydrogens (tertiary/aromatic N) is 3. The molecule has 0 spiro atoms. The second kappa shape index (κ2) is 6.02. The zero-order valence-corrected chi connectivity index (χ0v) is 13.1. The maximum Gasteiger partial charge on any atom is 0.302 e. The lowest BCUT2D eigenvalue weighted by Crippen LogP contribution is -2.34. The summed E-state index contributed by atoms with van der Waals surface area (Å²) in [6.07, 6.45) is 4.29. The monoisotopic (exact) mass is 318 g/mol. The Kier molecular flexibility index (Phi) is 4.08. The Morgan fingerprint density at radius 2 is 2.00 bits per heavy atom. The second-order valence-electron chi connectivity index (χ2n) is 5.40. The molecule has 116 valence electrons. The summed E-state index contributed by atoms with van der Waals surface area (Å²) in [4.78, 5) is 8.18. The molecule has 3 heterocycles. The van der Waals surface area contributed by atoms with Gasteiger partial charge in [-0.3, -0.25) is 9.71 Å². The number of rotatable bonds is 4. The van der Waals surface area contributed by atoms with E-state index in [1.54, 1.807) is 24.5 Å². The van der Waals surface area contributed by atoms with E-state index in [0.717, 1.165) is 17.7 Å². The fourth-order valence-corrected chi connectivity index (χ4v) is 3.88. The van der Waals surface area contributed by atoms with E-state index in [1.165, 1.54) is 4.31 Å². The number of aryl methyl sites for hydroxylation is 1. The summed E-state index contributed by atoms with van der Waals surface area (Å²) in [5, 5.41) is 0. The van der Waals surface area contributed by atoms with Gasteiger partial charge in [-0.1, -0.05) is 6.07 Å². The number of pyridine rings is 2. The van der Waals surface area contributed by atoms with Gasteiger partial charge in [0, 0.05) is 31.2 Å². The fraction of sp³-hybridized carbons (Fsp3) is 0.333. The van der Waals surface area contributed by atoms with Gasteiger partial charge >= 0.3 is 10.2 Å². The summed E-state index contributed by atoms with van der Waals surface area (Å²) < 4.78 is 28.9. The molecule has 0 amide bonds. The average molecular weight is 318 g/mol. The Morgan fingerprint density at radius 3 is 2.73 bits per heavy atom. The molecular weight excluding hydrogens is 300 g/mol. The van der Waals surface area contributed by atoms with E-state index in [4.69, 9.17) is 0 Å². The van der Waals surface area contributed by atoms with Crippen molar-refractivity contribution in [2.24, 2.45) is 0 Å². The minimum Gasteiger partial charge on any atom is -0.265 e. The van der Waals surface area contributed by atoms with Crippen molar-refractivity contribution in [2.75, 3.05) is 17.8 Å². The standard InChI is InChI=1S/C15H18N4O2S/c1-12-3-2-4-15(17-12)18-22(20,21)19-10-7-14(11-19)13-5-8-16-9-6-13/h2-6,8-9,14H,7,10-11H2,1H3,(H,17,18). The maximum atomic E-state index is 12.5. The molecule has 0 bridgehead atoms. The topological polar surface area (TPSA) is 75.2 Å². The molecule has 1 atom stereocenters. The molecule has 1 aliphatic heterocycles. The van der Waals surface area contributed by atoms with Gasteiger partial charge in [-0.25, -0.2) is 4.98 Å². The van der Waals surface area contributed by atoms with Crippen molar-refractivity contribution in [1.29, 1.82) is 0 Å². The van der Waals surface area contributed by atoms with Gasteiger partial charge in [0.15, 0.2) is 0 Å². The van der Waals surface area contributed by atoms with Crippen LogP contribution in [0.5, 0.6) is 0 Å². The summed E-state index contributed by atoms with van der Waals surface area (Å²) in [7, 11) is -3.57. The van der Waals surface area contributed by atoms with Crippen LogP contribution in [-0.4, -0.2) is 35.8 Å². The summed E-state index contributed by atoms with van der Waals surface area (Å²) >= 11 is 0. The second-order valence-corrected chi connectivity index (χ2v) is 7.07. The molecule has 0 saturated carbocycles. The molecule has 0 radical (unpaired) electrons. The Morgan fingerprint density at radius 1 is 1.23 bits per heavy atom. The van der Waals surface area contributed by atoms with E-state index in [-0.39, 0.29) is 5.92 Å². The summed E-state index contributed by atoms with van der Waals surface area (Å²) in [5.74, 6) is 0.567. The minimum absolute atomic E-state index is 0.213. The third-order valence-electron chi connectivity index (χ3n) is 3.79. The SMILES string of the molecule is Cc1cccc(NS(=O)(=O)N2CCC(c3ccncc3)C2)n1. The van der Waals surface area contributed by atoms with Crippen LogP contribution >= 0.6 is 0 Å². The van der Waals surface area contributed by atoms with Crippen LogP contribution in [0.1, 0.15) is 23.6 Å². The van der Waals surface area contributed by atoms with E-state index in [0.29, 0.717) is 18.9 Å². The van der Waals surface area contributed by atoms with Crippen LogP contribution < -0.4 is 4.72 Å². The molecular formula is C15H18N4O2S. The molecule has 0 aliphatic carbocycles. The van der Waals surface area contributed by atoms with E-state index in [1.807, 2.05) is 25.1 Å². The molecule has 2 aromatic heterocycles. The van der Waals surface area contributed by atoms with Crippen molar-refractivity contribution in [3.05, 3.63) is 54.0 Å². The molecule has 0 aromatic carbocycles. The smallest absolute Gasteiger partial charge is 0.265 e. The maximum absolute atomic E-state index is 12.5. The number of anilines is 1. The summed E-state index contributed by atoms with van der Waals surface area (Å²) in [6, 6.07) is 9.14. The number of aromatic nitrogens is 2. The summed E-state index contributed by atoms with van der Waals surface area (Å²) in [6.45, 7) is 2.81. The predicted molar refractivity (Wildman–Crippen MR) is 84.7 cm³/mol. The molecule has 6 nitrogen and oxygen atoms in total. The van der Waals surface area contributed by atoms with Gasteiger partial charge in [0.1, 0.15) is 5.82 Å². The molecule has 7 heteroatoms. The highest BCUT2D eigenvalue weighted by Crippen LogP contribution is 2.28. The molecule has 1 aliphatic rings. The van der Waals surface area contributed by atoms with Gasteiger partial charge in [-0.15, -0.1) is 0 Å². The third-order valence-corrected chi connectivity index (χ3v) is 5.27. The van der Waals surface area contributed by atoms with Crippen molar-refractivity contribution in [3.8, 4) is 0 Å². The van der Waals surface area contributed by atoms with Crippen LogP contribution in [0.15, 0.2) is 42.7 Å². The van der Waals surface area contributed by atoms with Crippen LogP contribution in [0.4, 0.5) is 5.82 Å². The van der Waals surface area contributed by atoms with Gasteiger partial charge in [-0.05, 0) is 49.1 Å². The third kappa shape index (κ3) is 3.26. The largest absolute Gasteiger partial charge is 0.302 e. The first-order chi connectivity index (χ1) is 10.5. The van der Waals surface area contributed by atoms with Crippen molar-refractivity contribution in [1.82, 2.24) is 14.3 Å². The predicted octanol–water partition coefficient (Wildman–Crippen LogP) is 1.93. The van der Waals surface area contributed by atoms with Gasteiger partial charge < -0.3 is 0 Å². The van der Waals surface area contributed by atoms with Crippen molar-refractivity contribution < 1.29 is 8.42 Å². The van der Waals surface area contributed by atoms with Gasteiger partial charge in [0.2, 0.25) is 0 Å². The number of nitrogens with one attached hydrogen (secondary N) is 1. The van der Waals surface area contributed by atoms with E-state index < -0.39 is 10.2 Å². The zero-order chi connectivity index (χ0) is 15.6. The van der Waals surface area contributed by atoms with E-state index in [9.17, 15) is 8.42 Å². The zero-order valence-electron chi connectivity index (χ0n) is 12.3. The highest BCUT2D eigenvalue weighted by atomic mass is 32.2. The van der Waals surface area contributed by atoms with Gasteiger partial charge in [0.25, 0.3) is 0 Å².